The standard InChI is InChI=1S/C11H20N2/c1-5-10(6-12)13-7-9(8-13)11(2,3)4/h9-10H,5,7-8H2,1-4H3. The number of hydrogen-bond donors (Lipinski definition) is 0. The lowest BCUT2D eigenvalue weighted by Crippen LogP contribution is -2.55. The van der Waals surface area contributed by atoms with Crippen LogP contribution in [0.25, 0.3) is 0 Å². The maximum atomic E-state index is 8.86. The van der Waals surface area contributed by atoms with E-state index in [1.165, 1.54) is 0 Å². The van der Waals surface area contributed by atoms with Crippen molar-refractivity contribution in [2.45, 2.75) is 40.2 Å². The Labute approximate surface area is 81.5 Å². The fraction of sp³-hybridized carbons (Fsp3) is 0.909. The van der Waals surface area contributed by atoms with Crippen molar-refractivity contribution in [3.05, 3.63) is 0 Å². The second kappa shape index (κ2) is 3.67. The molecule has 0 radical (unpaired) electrons. The minimum atomic E-state index is 0.151. The van der Waals surface area contributed by atoms with Gasteiger partial charge in [-0.25, -0.2) is 0 Å². The van der Waals surface area contributed by atoms with Crippen molar-refractivity contribution in [3.8, 4) is 6.07 Å². The maximum Gasteiger partial charge on any atom is 0.0975 e. The summed E-state index contributed by atoms with van der Waals surface area (Å²) in [7, 11) is 0. The van der Waals surface area contributed by atoms with E-state index in [2.05, 4.69) is 38.7 Å². The average Bonchev–Trinajstić information content (AvgIpc) is 1.92. The Kier molecular flexibility index (Phi) is 2.98. The minimum absolute atomic E-state index is 0.151. The van der Waals surface area contributed by atoms with Crippen molar-refractivity contribution in [3.63, 3.8) is 0 Å². The number of nitriles is 1. The van der Waals surface area contributed by atoms with E-state index in [-0.39, 0.29) is 6.04 Å². The lowest BCUT2D eigenvalue weighted by molar-refractivity contribution is 0.00706. The van der Waals surface area contributed by atoms with Crippen LogP contribution in [-0.4, -0.2) is 24.0 Å². The zero-order chi connectivity index (χ0) is 10.1. The summed E-state index contributed by atoms with van der Waals surface area (Å²) in [4.78, 5) is 2.29. The van der Waals surface area contributed by atoms with Gasteiger partial charge in [0.1, 0.15) is 0 Å². The minimum Gasteiger partial charge on any atom is -0.287 e. The van der Waals surface area contributed by atoms with Gasteiger partial charge in [-0.05, 0) is 17.8 Å². The van der Waals surface area contributed by atoms with Gasteiger partial charge < -0.3 is 0 Å². The van der Waals surface area contributed by atoms with Gasteiger partial charge in [0.2, 0.25) is 0 Å². The van der Waals surface area contributed by atoms with Crippen molar-refractivity contribution in [1.29, 1.82) is 5.26 Å². The van der Waals surface area contributed by atoms with Gasteiger partial charge in [0.25, 0.3) is 0 Å². The van der Waals surface area contributed by atoms with Gasteiger partial charge in [-0.1, -0.05) is 27.7 Å². The third kappa shape index (κ3) is 2.22. The van der Waals surface area contributed by atoms with Gasteiger partial charge in [0, 0.05) is 13.1 Å². The molecule has 1 fully saturated rings. The molecule has 0 bridgehead atoms. The molecular weight excluding hydrogens is 160 g/mol. The molecular formula is C11H20N2. The second-order valence-corrected chi connectivity index (χ2v) is 5.07. The molecule has 0 N–H and O–H groups in total. The van der Waals surface area contributed by atoms with Crippen LogP contribution < -0.4 is 0 Å². The molecule has 0 aromatic carbocycles. The molecule has 0 spiro atoms. The molecule has 0 aromatic heterocycles. The predicted molar refractivity (Wildman–Crippen MR) is 54.2 cm³/mol. The first-order valence-electron chi connectivity index (χ1n) is 5.12. The fourth-order valence-corrected chi connectivity index (χ4v) is 1.75. The van der Waals surface area contributed by atoms with Crippen molar-refractivity contribution in [2.24, 2.45) is 11.3 Å². The molecule has 1 aliphatic rings. The monoisotopic (exact) mass is 180 g/mol. The quantitative estimate of drug-likeness (QED) is 0.652. The van der Waals surface area contributed by atoms with E-state index in [0.717, 1.165) is 25.4 Å². The molecule has 0 amide bonds. The summed E-state index contributed by atoms with van der Waals surface area (Å²) in [6, 6.07) is 2.50. The van der Waals surface area contributed by atoms with E-state index in [0.29, 0.717) is 5.41 Å². The van der Waals surface area contributed by atoms with Gasteiger partial charge in [-0.2, -0.15) is 5.26 Å². The number of rotatable bonds is 2. The smallest absolute Gasteiger partial charge is 0.0975 e. The van der Waals surface area contributed by atoms with Crippen LogP contribution in [0.5, 0.6) is 0 Å². The zero-order valence-corrected chi connectivity index (χ0v) is 9.17. The van der Waals surface area contributed by atoms with E-state index >= 15 is 0 Å². The summed E-state index contributed by atoms with van der Waals surface area (Å²) in [5.74, 6) is 0.773. The van der Waals surface area contributed by atoms with Crippen LogP contribution in [0.1, 0.15) is 34.1 Å². The van der Waals surface area contributed by atoms with E-state index in [1.807, 2.05) is 0 Å². The van der Waals surface area contributed by atoms with Crippen molar-refractivity contribution in [2.75, 3.05) is 13.1 Å². The van der Waals surface area contributed by atoms with Crippen molar-refractivity contribution < 1.29 is 0 Å². The van der Waals surface area contributed by atoms with Crippen molar-refractivity contribution >= 4 is 0 Å². The highest BCUT2D eigenvalue weighted by molar-refractivity contribution is 4.98. The molecule has 74 valence electrons. The lowest BCUT2D eigenvalue weighted by Gasteiger charge is -2.48. The normalized spacial score (nSPS) is 22.1. The van der Waals surface area contributed by atoms with Gasteiger partial charge in [-0.15, -0.1) is 0 Å². The van der Waals surface area contributed by atoms with Crippen LogP contribution in [0.15, 0.2) is 0 Å². The van der Waals surface area contributed by atoms with Crippen LogP contribution in [-0.2, 0) is 0 Å². The first-order valence-corrected chi connectivity index (χ1v) is 5.12. The van der Waals surface area contributed by atoms with Crippen molar-refractivity contribution in [1.82, 2.24) is 4.90 Å². The summed E-state index contributed by atoms with van der Waals surface area (Å²) in [5.41, 5.74) is 0.407. The van der Waals surface area contributed by atoms with E-state index in [1.54, 1.807) is 0 Å². The number of likely N-dealkylation sites (tertiary alicyclic amines) is 1. The Balaban J connectivity index is 2.38. The number of nitrogens with zero attached hydrogens (tertiary/aromatic N) is 2. The maximum absolute atomic E-state index is 8.86. The Bertz CT molecular complexity index is 203. The number of hydrogen-bond acceptors (Lipinski definition) is 2. The first kappa shape index (κ1) is 10.5. The summed E-state index contributed by atoms with van der Waals surface area (Å²) in [6.45, 7) is 11.1. The lowest BCUT2D eigenvalue weighted by atomic mass is 9.75. The molecule has 13 heavy (non-hydrogen) atoms. The topological polar surface area (TPSA) is 27.0 Å². The molecule has 1 aliphatic heterocycles. The van der Waals surface area contributed by atoms with Gasteiger partial charge in [0.15, 0.2) is 0 Å². The fourth-order valence-electron chi connectivity index (χ4n) is 1.75. The summed E-state index contributed by atoms with van der Waals surface area (Å²) in [5, 5.41) is 8.86. The first-order chi connectivity index (χ1) is 5.99. The Morgan fingerprint density at radius 2 is 2.00 bits per heavy atom. The SMILES string of the molecule is CCC(C#N)N1CC(C(C)(C)C)C1. The van der Waals surface area contributed by atoms with Gasteiger partial charge in [-0.3, -0.25) is 4.90 Å². The molecule has 1 rings (SSSR count). The van der Waals surface area contributed by atoms with E-state index in [9.17, 15) is 0 Å². The molecule has 1 heterocycles. The molecule has 2 nitrogen and oxygen atoms in total. The molecule has 1 unspecified atom stereocenters. The van der Waals surface area contributed by atoms with E-state index in [4.69, 9.17) is 5.26 Å². The predicted octanol–water partition coefficient (Wildman–Crippen LogP) is 2.27. The largest absolute Gasteiger partial charge is 0.287 e. The Morgan fingerprint density at radius 1 is 1.46 bits per heavy atom. The van der Waals surface area contributed by atoms with Gasteiger partial charge >= 0.3 is 0 Å². The Hall–Kier alpha value is -0.550. The van der Waals surface area contributed by atoms with Crippen LogP contribution in [0.2, 0.25) is 0 Å². The van der Waals surface area contributed by atoms with E-state index < -0.39 is 0 Å². The summed E-state index contributed by atoms with van der Waals surface area (Å²) in [6.07, 6.45) is 0.952. The Morgan fingerprint density at radius 3 is 2.31 bits per heavy atom. The zero-order valence-electron chi connectivity index (χ0n) is 9.17. The summed E-state index contributed by atoms with van der Waals surface area (Å²) >= 11 is 0. The molecule has 0 saturated carbocycles. The molecule has 0 aromatic rings. The summed E-state index contributed by atoms with van der Waals surface area (Å²) < 4.78 is 0. The highest BCUT2D eigenvalue weighted by Crippen LogP contribution is 2.34. The van der Waals surface area contributed by atoms with Crippen LogP contribution in [0.4, 0.5) is 0 Å². The molecule has 1 atom stereocenters. The van der Waals surface area contributed by atoms with Crippen LogP contribution in [0, 0.1) is 22.7 Å². The third-order valence-corrected chi connectivity index (χ3v) is 3.11. The second-order valence-electron chi connectivity index (χ2n) is 5.07. The highest BCUT2D eigenvalue weighted by Gasteiger charge is 2.38. The van der Waals surface area contributed by atoms with Gasteiger partial charge in [0.05, 0.1) is 12.1 Å². The third-order valence-electron chi connectivity index (χ3n) is 3.11. The van der Waals surface area contributed by atoms with Crippen LogP contribution >= 0.6 is 0 Å². The molecule has 1 saturated heterocycles. The average molecular weight is 180 g/mol. The highest BCUT2D eigenvalue weighted by atomic mass is 15.2. The van der Waals surface area contributed by atoms with Crippen LogP contribution in [0.3, 0.4) is 0 Å². The molecule has 2 heteroatoms. The molecule has 0 aliphatic carbocycles.